The second kappa shape index (κ2) is 4.86. The van der Waals surface area contributed by atoms with Gasteiger partial charge in [-0.05, 0) is 18.6 Å². The van der Waals surface area contributed by atoms with Gasteiger partial charge in [0.1, 0.15) is 11.4 Å². The Morgan fingerprint density at radius 2 is 2.46 bits per heavy atom. The van der Waals surface area contributed by atoms with E-state index in [0.717, 1.165) is 12.2 Å². The Hall–Kier alpha value is -0.220. The molecule has 1 aliphatic rings. The van der Waals surface area contributed by atoms with Gasteiger partial charge in [-0.25, -0.2) is 0 Å². The molecule has 1 heterocycles. The number of thioether (sulfide) groups is 1. The van der Waals surface area contributed by atoms with Crippen LogP contribution in [0, 0.1) is 5.92 Å². The van der Waals surface area contributed by atoms with Crippen LogP contribution in [0.5, 0.6) is 0 Å². The average Bonchev–Trinajstić information content (AvgIpc) is 2.41. The van der Waals surface area contributed by atoms with Gasteiger partial charge >= 0.3 is 5.97 Å². The van der Waals surface area contributed by atoms with Crippen LogP contribution in [-0.4, -0.2) is 34.8 Å². The fraction of sp³-hybridized carbons (Fsp3) is 0.889. The number of rotatable bonds is 4. The highest BCUT2D eigenvalue weighted by molar-refractivity contribution is 8.00. The van der Waals surface area contributed by atoms with Gasteiger partial charge in [0.25, 0.3) is 0 Å². The molecule has 3 nitrogen and oxygen atoms in total. The molecule has 0 radical (unpaired) electrons. The third-order valence-corrected chi connectivity index (χ3v) is 3.57. The van der Waals surface area contributed by atoms with E-state index in [-0.39, 0.29) is 29.8 Å². The molecule has 13 heavy (non-hydrogen) atoms. The van der Waals surface area contributed by atoms with Gasteiger partial charge in [-0.1, -0.05) is 6.92 Å². The predicted octanol–water partition coefficient (Wildman–Crippen LogP) is 1.05. The zero-order chi connectivity index (χ0) is 9.84. The van der Waals surface area contributed by atoms with Gasteiger partial charge < -0.3 is 9.84 Å². The van der Waals surface area contributed by atoms with Crippen molar-refractivity contribution in [2.24, 2.45) is 5.92 Å². The molecular formula is C9H16O3S. The van der Waals surface area contributed by atoms with E-state index < -0.39 is 0 Å². The summed E-state index contributed by atoms with van der Waals surface area (Å²) in [4.78, 5) is 11.2. The maximum atomic E-state index is 11.2. The molecule has 0 aliphatic carbocycles. The van der Waals surface area contributed by atoms with E-state index in [1.807, 2.05) is 13.8 Å². The van der Waals surface area contributed by atoms with Crippen LogP contribution >= 0.6 is 11.8 Å². The molecule has 3 atom stereocenters. The van der Waals surface area contributed by atoms with Gasteiger partial charge in [-0.2, -0.15) is 0 Å². The van der Waals surface area contributed by atoms with Gasteiger partial charge in [0.15, 0.2) is 0 Å². The standard InChI is InChI=1S/C9H16O3S/c1-6(4-10)5-13-8-3-7(2)12-9(8)11/h6-8,10H,3-5H2,1-2H3/t6-,7-,8-/m1/s1. The number of cyclic esters (lactones) is 1. The number of carbonyl (C=O) groups is 1. The summed E-state index contributed by atoms with van der Waals surface area (Å²) < 4.78 is 5.02. The summed E-state index contributed by atoms with van der Waals surface area (Å²) in [5.41, 5.74) is 0. The third-order valence-electron chi connectivity index (χ3n) is 2.02. The van der Waals surface area contributed by atoms with Crippen molar-refractivity contribution in [3.05, 3.63) is 0 Å². The molecule has 0 aromatic carbocycles. The van der Waals surface area contributed by atoms with Gasteiger partial charge in [0, 0.05) is 13.0 Å². The number of esters is 1. The lowest BCUT2D eigenvalue weighted by molar-refractivity contribution is -0.140. The van der Waals surface area contributed by atoms with Gasteiger partial charge in [0.2, 0.25) is 0 Å². The molecule has 1 rings (SSSR count). The molecule has 1 N–H and O–H groups in total. The van der Waals surface area contributed by atoms with Crippen LogP contribution in [0.25, 0.3) is 0 Å². The first-order valence-corrected chi connectivity index (χ1v) is 5.61. The minimum atomic E-state index is -0.0948. The fourth-order valence-electron chi connectivity index (χ4n) is 1.19. The third kappa shape index (κ3) is 3.19. The normalized spacial score (nSPS) is 30.2. The SMILES string of the molecule is C[C@H](CO)CS[C@@H]1C[C@@H](C)OC1=O. The van der Waals surface area contributed by atoms with E-state index in [9.17, 15) is 4.79 Å². The van der Waals surface area contributed by atoms with E-state index in [0.29, 0.717) is 0 Å². The van der Waals surface area contributed by atoms with Gasteiger partial charge in [-0.3, -0.25) is 4.79 Å². The maximum Gasteiger partial charge on any atom is 0.319 e. The molecule has 76 valence electrons. The molecular weight excluding hydrogens is 188 g/mol. The van der Waals surface area contributed by atoms with Crippen LogP contribution in [0.1, 0.15) is 20.3 Å². The fourth-order valence-corrected chi connectivity index (χ4v) is 2.45. The topological polar surface area (TPSA) is 46.5 Å². The van der Waals surface area contributed by atoms with Crippen LogP contribution in [0.15, 0.2) is 0 Å². The molecule has 1 fully saturated rings. The molecule has 0 aromatic heterocycles. The first-order chi connectivity index (χ1) is 6.13. The Kier molecular flexibility index (Phi) is 4.06. The molecule has 0 spiro atoms. The minimum Gasteiger partial charge on any atom is -0.462 e. The van der Waals surface area contributed by atoms with Crippen molar-refractivity contribution in [3.63, 3.8) is 0 Å². The van der Waals surface area contributed by atoms with Crippen molar-refractivity contribution in [3.8, 4) is 0 Å². The number of hydrogen-bond acceptors (Lipinski definition) is 4. The van der Waals surface area contributed by atoms with Crippen molar-refractivity contribution >= 4 is 17.7 Å². The van der Waals surface area contributed by atoms with Crippen LogP contribution in [0.4, 0.5) is 0 Å². The highest BCUT2D eigenvalue weighted by Crippen LogP contribution is 2.27. The van der Waals surface area contributed by atoms with Crippen molar-refractivity contribution in [1.82, 2.24) is 0 Å². The zero-order valence-corrected chi connectivity index (χ0v) is 8.84. The Labute approximate surface area is 82.8 Å². The Balaban J connectivity index is 2.25. The van der Waals surface area contributed by atoms with E-state index in [4.69, 9.17) is 9.84 Å². The smallest absolute Gasteiger partial charge is 0.319 e. The molecule has 1 saturated heterocycles. The Bertz CT molecular complexity index is 184. The van der Waals surface area contributed by atoms with Crippen molar-refractivity contribution in [2.45, 2.75) is 31.6 Å². The number of ether oxygens (including phenoxy) is 1. The summed E-state index contributed by atoms with van der Waals surface area (Å²) in [5.74, 6) is 0.986. The molecule has 1 aliphatic heterocycles. The van der Waals surface area contributed by atoms with Crippen molar-refractivity contribution < 1.29 is 14.6 Å². The van der Waals surface area contributed by atoms with Crippen molar-refractivity contribution in [1.29, 1.82) is 0 Å². The average molecular weight is 204 g/mol. The van der Waals surface area contributed by atoms with Crippen LogP contribution < -0.4 is 0 Å². The minimum absolute atomic E-state index is 0.0102. The first kappa shape index (κ1) is 10.9. The van der Waals surface area contributed by atoms with Crippen molar-refractivity contribution in [2.75, 3.05) is 12.4 Å². The molecule has 0 unspecified atom stereocenters. The first-order valence-electron chi connectivity index (χ1n) is 4.56. The molecule has 4 heteroatoms. The predicted molar refractivity (Wildman–Crippen MR) is 52.7 cm³/mol. The van der Waals surface area contributed by atoms with Crippen LogP contribution in [-0.2, 0) is 9.53 Å². The maximum absolute atomic E-state index is 11.2. The second-order valence-corrected chi connectivity index (χ2v) is 4.83. The lowest BCUT2D eigenvalue weighted by atomic mass is 10.2. The Morgan fingerprint density at radius 1 is 1.77 bits per heavy atom. The highest BCUT2D eigenvalue weighted by Gasteiger charge is 2.32. The summed E-state index contributed by atoms with van der Waals surface area (Å²) >= 11 is 1.59. The second-order valence-electron chi connectivity index (χ2n) is 3.59. The highest BCUT2D eigenvalue weighted by atomic mass is 32.2. The van der Waals surface area contributed by atoms with Crippen LogP contribution in [0.3, 0.4) is 0 Å². The van der Waals surface area contributed by atoms with Crippen LogP contribution in [0.2, 0.25) is 0 Å². The lowest BCUT2D eigenvalue weighted by Gasteiger charge is -2.09. The van der Waals surface area contributed by atoms with E-state index in [1.165, 1.54) is 0 Å². The van der Waals surface area contributed by atoms with E-state index in [1.54, 1.807) is 11.8 Å². The van der Waals surface area contributed by atoms with Gasteiger partial charge in [-0.15, -0.1) is 11.8 Å². The monoisotopic (exact) mass is 204 g/mol. The van der Waals surface area contributed by atoms with Gasteiger partial charge in [0.05, 0.1) is 0 Å². The summed E-state index contributed by atoms with van der Waals surface area (Å²) in [7, 11) is 0. The summed E-state index contributed by atoms with van der Waals surface area (Å²) in [6.07, 6.45) is 0.871. The number of aliphatic hydroxyl groups excluding tert-OH is 1. The summed E-state index contributed by atoms with van der Waals surface area (Å²) in [6.45, 7) is 4.06. The summed E-state index contributed by atoms with van der Waals surface area (Å²) in [5, 5.41) is 8.79. The van der Waals surface area contributed by atoms with E-state index >= 15 is 0 Å². The largest absolute Gasteiger partial charge is 0.462 e. The molecule has 0 aromatic rings. The molecule has 0 amide bonds. The summed E-state index contributed by atoms with van der Waals surface area (Å²) in [6, 6.07) is 0. The Morgan fingerprint density at radius 3 is 2.92 bits per heavy atom. The number of aliphatic hydroxyl groups is 1. The number of hydrogen-bond donors (Lipinski definition) is 1. The molecule has 0 bridgehead atoms. The number of carbonyl (C=O) groups excluding carboxylic acids is 1. The molecule has 0 saturated carbocycles. The quantitative estimate of drug-likeness (QED) is 0.695. The zero-order valence-electron chi connectivity index (χ0n) is 8.03. The lowest BCUT2D eigenvalue weighted by Crippen LogP contribution is -2.13. The van der Waals surface area contributed by atoms with E-state index in [2.05, 4.69) is 0 Å².